The van der Waals surface area contributed by atoms with Crippen LogP contribution in [0.1, 0.15) is 20.8 Å². The van der Waals surface area contributed by atoms with Gasteiger partial charge in [0.2, 0.25) is 0 Å². The standard InChI is InChI=1S/3C3H4O3.Ir/c3*1-2(4)3(5)6;/h3*1H3,(H,5,6);/q;;;+3/p-3. The van der Waals surface area contributed by atoms with Crippen LogP contribution in [0.5, 0.6) is 0 Å². The minimum Gasteiger partial charge on any atom is -0.542 e. The van der Waals surface area contributed by atoms with Gasteiger partial charge < -0.3 is 29.7 Å². The van der Waals surface area contributed by atoms with E-state index in [1.54, 1.807) is 0 Å². The number of Topliss-reactive ketones (excluding diaryl/α,β-unsaturated/α-hetero) is 3. The average Bonchev–Trinajstić information content (AvgIpc) is 2.18. The zero-order valence-corrected chi connectivity index (χ0v) is 12.4. The molecule has 0 saturated heterocycles. The summed E-state index contributed by atoms with van der Waals surface area (Å²) in [5, 5.41) is 27.7. The maximum Gasteiger partial charge on any atom is 3.00 e. The zero-order chi connectivity index (χ0) is 15.5. The van der Waals surface area contributed by atoms with Crippen LogP contribution in [-0.4, -0.2) is 35.3 Å². The van der Waals surface area contributed by atoms with Crippen molar-refractivity contribution in [2.24, 2.45) is 0 Å². The molecule has 9 nitrogen and oxygen atoms in total. The molecular weight excluding hydrogens is 444 g/mol. The number of aliphatic carboxylic acids is 3. The first-order valence-electron chi connectivity index (χ1n) is 4.09. The summed E-state index contributed by atoms with van der Waals surface area (Å²) in [5.41, 5.74) is 0. The second-order valence-electron chi connectivity index (χ2n) is 2.53. The summed E-state index contributed by atoms with van der Waals surface area (Å²) in [6.45, 7) is 2.82. The number of carboxylic acid groups (broad SMARTS) is 3. The summed E-state index contributed by atoms with van der Waals surface area (Å²) in [7, 11) is 0. The summed E-state index contributed by atoms with van der Waals surface area (Å²) < 4.78 is 0. The van der Waals surface area contributed by atoms with Crippen LogP contribution in [0.15, 0.2) is 0 Å². The Kier molecular flexibility index (Phi) is 19.2. The van der Waals surface area contributed by atoms with Crippen molar-refractivity contribution in [2.45, 2.75) is 20.8 Å². The van der Waals surface area contributed by atoms with E-state index in [0.717, 1.165) is 20.8 Å². The minimum absolute atomic E-state index is 0. The molecule has 0 aromatic carbocycles. The van der Waals surface area contributed by atoms with Gasteiger partial charge in [0, 0.05) is 20.8 Å². The summed E-state index contributed by atoms with van der Waals surface area (Å²) >= 11 is 0. The third-order valence-electron chi connectivity index (χ3n) is 0.862. The van der Waals surface area contributed by atoms with Crippen molar-refractivity contribution in [2.75, 3.05) is 0 Å². The van der Waals surface area contributed by atoms with Gasteiger partial charge in [-0.3, -0.25) is 14.4 Å². The summed E-state index contributed by atoms with van der Waals surface area (Å²) in [6, 6.07) is 0. The molecule has 0 aliphatic rings. The second-order valence-corrected chi connectivity index (χ2v) is 2.53. The van der Waals surface area contributed by atoms with E-state index in [0.29, 0.717) is 0 Å². The summed E-state index contributed by atoms with van der Waals surface area (Å²) in [6.07, 6.45) is 0. The van der Waals surface area contributed by atoms with Gasteiger partial charge in [0.1, 0.15) is 17.9 Å². The normalized spacial score (nSPS) is 7.11. The summed E-state index contributed by atoms with van der Waals surface area (Å²) in [4.78, 5) is 56.2. The number of carbonyl (C=O) groups excluding carboxylic acids is 6. The summed E-state index contributed by atoms with van der Waals surface area (Å²) in [5.74, 6) is -7.69. The fraction of sp³-hybridized carbons (Fsp3) is 0.333. The molecule has 0 unspecified atom stereocenters. The zero-order valence-electron chi connectivity index (χ0n) is 10.0. The number of hydrogen-bond donors (Lipinski definition) is 0. The molecule has 0 aliphatic carbocycles. The molecule has 19 heavy (non-hydrogen) atoms. The van der Waals surface area contributed by atoms with Gasteiger partial charge in [-0.25, -0.2) is 0 Å². The van der Waals surface area contributed by atoms with Crippen molar-refractivity contribution in [3.63, 3.8) is 0 Å². The van der Waals surface area contributed by atoms with E-state index in [1.807, 2.05) is 0 Å². The molecule has 0 amide bonds. The smallest absolute Gasteiger partial charge is 0.542 e. The molecule has 0 aromatic heterocycles. The van der Waals surface area contributed by atoms with Crippen LogP contribution in [0.3, 0.4) is 0 Å². The van der Waals surface area contributed by atoms with Crippen molar-refractivity contribution in [1.82, 2.24) is 0 Å². The number of ketones is 3. The molecule has 0 fully saturated rings. The fourth-order valence-electron chi connectivity index (χ4n) is 0. The number of hydrogen-bond acceptors (Lipinski definition) is 9. The van der Waals surface area contributed by atoms with Gasteiger partial charge in [0.15, 0.2) is 17.3 Å². The molecular formula is C9H9IrO9. The van der Waals surface area contributed by atoms with Gasteiger partial charge in [-0.05, 0) is 0 Å². The molecule has 0 rings (SSSR count). The SMILES string of the molecule is CC(=O)C(=O)[O-].CC(=O)C(=O)[O-].CC(=O)C(=O)[O-].[Ir+3]. The third kappa shape index (κ3) is 31.4. The predicted molar refractivity (Wildman–Crippen MR) is 47.1 cm³/mol. The van der Waals surface area contributed by atoms with E-state index in [-0.39, 0.29) is 20.1 Å². The maximum atomic E-state index is 9.48. The first-order chi connectivity index (χ1) is 7.93. The van der Waals surface area contributed by atoms with Crippen molar-refractivity contribution in [1.29, 1.82) is 0 Å². The van der Waals surface area contributed by atoms with E-state index in [1.165, 1.54) is 0 Å². The molecule has 0 bridgehead atoms. The molecule has 0 radical (unpaired) electrons. The van der Waals surface area contributed by atoms with E-state index < -0.39 is 35.3 Å². The number of carboxylic acids is 3. The van der Waals surface area contributed by atoms with Crippen LogP contribution in [0.2, 0.25) is 0 Å². The van der Waals surface area contributed by atoms with Gasteiger partial charge in [0.05, 0.1) is 0 Å². The van der Waals surface area contributed by atoms with Crippen LogP contribution in [-0.2, 0) is 48.9 Å². The first kappa shape index (κ1) is 25.8. The largest absolute Gasteiger partial charge is 3.00 e. The van der Waals surface area contributed by atoms with Crippen molar-refractivity contribution in [3.05, 3.63) is 0 Å². The topological polar surface area (TPSA) is 172 Å². The van der Waals surface area contributed by atoms with Crippen LogP contribution in [0.4, 0.5) is 0 Å². The Balaban J connectivity index is -0.0000000865. The number of rotatable bonds is 3. The Morgan fingerprint density at radius 3 is 0.579 bits per heavy atom. The first-order valence-corrected chi connectivity index (χ1v) is 4.09. The van der Waals surface area contributed by atoms with Crippen LogP contribution >= 0.6 is 0 Å². The van der Waals surface area contributed by atoms with Gasteiger partial charge in [0.25, 0.3) is 0 Å². The monoisotopic (exact) mass is 454 g/mol. The molecule has 0 N–H and O–H groups in total. The maximum absolute atomic E-state index is 9.48. The molecule has 0 spiro atoms. The molecule has 0 aromatic rings. The second kappa shape index (κ2) is 14.1. The van der Waals surface area contributed by atoms with Crippen LogP contribution in [0, 0.1) is 0 Å². The molecule has 10 heteroatoms. The van der Waals surface area contributed by atoms with Gasteiger partial charge in [-0.2, -0.15) is 0 Å². The van der Waals surface area contributed by atoms with E-state index in [9.17, 15) is 44.1 Å². The Bertz CT molecular complexity index is 279. The quantitative estimate of drug-likeness (QED) is 0.379. The molecule has 0 saturated carbocycles. The molecule has 0 atom stereocenters. The molecule has 0 heterocycles. The Hall–Kier alpha value is -1.93. The Morgan fingerprint density at radius 2 is 0.579 bits per heavy atom. The van der Waals surface area contributed by atoms with Gasteiger partial charge in [-0.1, -0.05) is 0 Å². The van der Waals surface area contributed by atoms with E-state index in [4.69, 9.17) is 0 Å². The molecule has 108 valence electrons. The van der Waals surface area contributed by atoms with Crippen molar-refractivity contribution in [3.8, 4) is 0 Å². The van der Waals surface area contributed by atoms with Gasteiger partial charge >= 0.3 is 20.1 Å². The van der Waals surface area contributed by atoms with E-state index >= 15 is 0 Å². The molecule has 0 aliphatic heterocycles. The Labute approximate surface area is 121 Å². The van der Waals surface area contributed by atoms with Gasteiger partial charge in [-0.15, -0.1) is 0 Å². The van der Waals surface area contributed by atoms with E-state index in [2.05, 4.69) is 0 Å². The minimum atomic E-state index is -1.63. The third-order valence-corrected chi connectivity index (χ3v) is 0.862. The average molecular weight is 453 g/mol. The van der Waals surface area contributed by atoms with Crippen LogP contribution < -0.4 is 15.3 Å². The van der Waals surface area contributed by atoms with Crippen molar-refractivity contribution >= 4 is 35.3 Å². The van der Waals surface area contributed by atoms with Crippen LogP contribution in [0.25, 0.3) is 0 Å². The Morgan fingerprint density at radius 1 is 0.526 bits per heavy atom. The number of carbonyl (C=O) groups is 6. The predicted octanol–water partition coefficient (Wildman–Crippen LogP) is -5.03. The van der Waals surface area contributed by atoms with Crippen molar-refractivity contribution < 1.29 is 64.2 Å². The fourth-order valence-corrected chi connectivity index (χ4v) is 0.